The van der Waals surface area contributed by atoms with Crippen LogP contribution in [0.25, 0.3) is 0 Å². The van der Waals surface area contributed by atoms with Crippen LogP contribution in [0.2, 0.25) is 0 Å². The minimum atomic E-state index is 0.772. The molecule has 0 aliphatic heterocycles. The smallest absolute Gasteiger partial charge is 0.102 e. The largest absolute Gasteiger partial charge is 0.245 e. The van der Waals surface area contributed by atoms with Gasteiger partial charge in [0.1, 0.15) is 5.01 Å². The number of hydrogen-bond acceptors (Lipinski definition) is 3. The van der Waals surface area contributed by atoms with Crippen LogP contribution >= 0.6 is 24.0 Å². The molecule has 0 N–H and O–H groups in total. The Kier molecular flexibility index (Phi) is 3.22. The van der Waals surface area contributed by atoms with E-state index in [0.29, 0.717) is 0 Å². The molecule has 10 heavy (non-hydrogen) atoms. The standard InChI is InChI=1S/C7H11NS2/c1-2-3-6-5-10-7(4-9)8-6/h5,9H,2-4H2,1H3. The average molecular weight is 173 g/mol. The zero-order valence-corrected chi connectivity index (χ0v) is 7.71. The molecule has 0 fully saturated rings. The monoisotopic (exact) mass is 173 g/mol. The first-order valence-electron chi connectivity index (χ1n) is 3.41. The summed E-state index contributed by atoms with van der Waals surface area (Å²) in [6, 6.07) is 0. The van der Waals surface area contributed by atoms with Gasteiger partial charge in [0.15, 0.2) is 0 Å². The van der Waals surface area contributed by atoms with Gasteiger partial charge in [-0.15, -0.1) is 11.3 Å². The van der Waals surface area contributed by atoms with Crippen LogP contribution in [0.15, 0.2) is 5.38 Å². The molecule has 3 heteroatoms. The van der Waals surface area contributed by atoms with Crippen molar-refractivity contribution in [3.05, 3.63) is 16.1 Å². The number of hydrogen-bond donors (Lipinski definition) is 1. The van der Waals surface area contributed by atoms with Crippen LogP contribution in [0.4, 0.5) is 0 Å². The van der Waals surface area contributed by atoms with E-state index in [1.165, 1.54) is 12.1 Å². The van der Waals surface area contributed by atoms with Crippen molar-refractivity contribution < 1.29 is 0 Å². The van der Waals surface area contributed by atoms with Gasteiger partial charge in [0.25, 0.3) is 0 Å². The van der Waals surface area contributed by atoms with Gasteiger partial charge in [-0.25, -0.2) is 4.98 Å². The Morgan fingerprint density at radius 3 is 3.00 bits per heavy atom. The predicted octanol–water partition coefficient (Wildman–Crippen LogP) is 2.53. The van der Waals surface area contributed by atoms with Gasteiger partial charge < -0.3 is 0 Å². The first kappa shape index (κ1) is 8.08. The Labute approximate surface area is 70.9 Å². The zero-order chi connectivity index (χ0) is 7.40. The molecule has 1 rings (SSSR count). The van der Waals surface area contributed by atoms with Crippen LogP contribution in [0, 0.1) is 0 Å². The number of aryl methyl sites for hydroxylation is 1. The van der Waals surface area contributed by atoms with Crippen molar-refractivity contribution >= 4 is 24.0 Å². The molecule has 0 aromatic carbocycles. The van der Waals surface area contributed by atoms with Crippen molar-refractivity contribution in [2.24, 2.45) is 0 Å². The zero-order valence-electron chi connectivity index (χ0n) is 6.00. The molecule has 0 bridgehead atoms. The average Bonchev–Trinajstić information content (AvgIpc) is 2.37. The van der Waals surface area contributed by atoms with Gasteiger partial charge in [-0.1, -0.05) is 13.3 Å². The SMILES string of the molecule is CCCc1csc(CS)n1. The lowest BCUT2D eigenvalue weighted by molar-refractivity contribution is 0.887. The molecule has 56 valence electrons. The van der Waals surface area contributed by atoms with Crippen molar-refractivity contribution in [1.29, 1.82) is 0 Å². The minimum Gasteiger partial charge on any atom is -0.245 e. The summed E-state index contributed by atoms with van der Waals surface area (Å²) in [5, 5.41) is 3.25. The van der Waals surface area contributed by atoms with Crippen LogP contribution in [0.3, 0.4) is 0 Å². The van der Waals surface area contributed by atoms with E-state index in [2.05, 4.69) is 29.9 Å². The maximum atomic E-state index is 4.36. The van der Waals surface area contributed by atoms with Gasteiger partial charge in [-0.3, -0.25) is 0 Å². The van der Waals surface area contributed by atoms with Crippen molar-refractivity contribution in [2.75, 3.05) is 0 Å². The fourth-order valence-corrected chi connectivity index (χ4v) is 1.77. The Bertz CT molecular complexity index is 195. The van der Waals surface area contributed by atoms with Crippen molar-refractivity contribution in [2.45, 2.75) is 25.5 Å². The van der Waals surface area contributed by atoms with E-state index in [4.69, 9.17) is 0 Å². The lowest BCUT2D eigenvalue weighted by Gasteiger charge is -1.87. The topological polar surface area (TPSA) is 12.9 Å². The summed E-state index contributed by atoms with van der Waals surface area (Å²) in [5.74, 6) is 0.772. The molecule has 0 saturated carbocycles. The normalized spacial score (nSPS) is 10.2. The summed E-state index contributed by atoms with van der Waals surface area (Å²) in [7, 11) is 0. The number of rotatable bonds is 3. The summed E-state index contributed by atoms with van der Waals surface area (Å²) in [4.78, 5) is 4.36. The van der Waals surface area contributed by atoms with Gasteiger partial charge in [0.05, 0.1) is 5.69 Å². The quantitative estimate of drug-likeness (QED) is 0.693. The van der Waals surface area contributed by atoms with Gasteiger partial charge in [-0.2, -0.15) is 12.6 Å². The predicted molar refractivity (Wildman–Crippen MR) is 48.8 cm³/mol. The summed E-state index contributed by atoms with van der Waals surface area (Å²) in [5.41, 5.74) is 1.22. The van der Waals surface area contributed by atoms with Gasteiger partial charge in [0, 0.05) is 11.1 Å². The van der Waals surface area contributed by atoms with Crippen molar-refractivity contribution in [3.8, 4) is 0 Å². The van der Waals surface area contributed by atoms with Crippen LogP contribution in [-0.4, -0.2) is 4.98 Å². The summed E-state index contributed by atoms with van der Waals surface area (Å²) in [6.07, 6.45) is 2.28. The third-order valence-electron chi connectivity index (χ3n) is 1.24. The molecule has 0 spiro atoms. The number of aromatic nitrogens is 1. The molecule has 1 aromatic heterocycles. The van der Waals surface area contributed by atoms with Crippen LogP contribution < -0.4 is 0 Å². The van der Waals surface area contributed by atoms with E-state index in [9.17, 15) is 0 Å². The van der Waals surface area contributed by atoms with Crippen LogP contribution in [0.5, 0.6) is 0 Å². The first-order chi connectivity index (χ1) is 4.86. The van der Waals surface area contributed by atoms with Crippen molar-refractivity contribution in [1.82, 2.24) is 4.98 Å². The highest BCUT2D eigenvalue weighted by molar-refractivity contribution is 7.79. The Morgan fingerprint density at radius 1 is 1.70 bits per heavy atom. The molecule has 1 heterocycles. The molecule has 1 aromatic rings. The third-order valence-corrected chi connectivity index (χ3v) is 2.65. The second kappa shape index (κ2) is 3.98. The van der Waals surface area contributed by atoms with Gasteiger partial charge in [-0.05, 0) is 6.42 Å². The lowest BCUT2D eigenvalue weighted by atomic mass is 10.3. The molecule has 0 unspecified atom stereocenters. The molecular weight excluding hydrogens is 162 g/mol. The van der Waals surface area contributed by atoms with Crippen molar-refractivity contribution in [3.63, 3.8) is 0 Å². The van der Waals surface area contributed by atoms with E-state index >= 15 is 0 Å². The fourth-order valence-electron chi connectivity index (χ4n) is 0.793. The highest BCUT2D eigenvalue weighted by Gasteiger charge is 1.97. The highest BCUT2D eigenvalue weighted by atomic mass is 32.1. The number of thiol groups is 1. The Balaban J connectivity index is 2.59. The summed E-state index contributed by atoms with van der Waals surface area (Å²) < 4.78 is 0. The summed E-state index contributed by atoms with van der Waals surface area (Å²) >= 11 is 5.84. The second-order valence-corrected chi connectivity index (χ2v) is 3.40. The molecule has 0 aliphatic carbocycles. The Hall–Kier alpha value is -0.0200. The third kappa shape index (κ3) is 1.99. The van der Waals surface area contributed by atoms with Crippen LogP contribution in [0.1, 0.15) is 24.0 Å². The fraction of sp³-hybridized carbons (Fsp3) is 0.571. The molecule has 0 atom stereocenters. The molecule has 1 nitrogen and oxygen atoms in total. The summed E-state index contributed by atoms with van der Waals surface area (Å²) in [6.45, 7) is 2.17. The van der Waals surface area contributed by atoms with E-state index in [1.807, 2.05) is 0 Å². The maximum Gasteiger partial charge on any atom is 0.102 e. The van der Waals surface area contributed by atoms with Gasteiger partial charge in [0.2, 0.25) is 0 Å². The molecular formula is C7H11NS2. The number of thiazole rings is 1. The lowest BCUT2D eigenvalue weighted by Crippen LogP contribution is -1.82. The Morgan fingerprint density at radius 2 is 2.50 bits per heavy atom. The van der Waals surface area contributed by atoms with Gasteiger partial charge >= 0.3 is 0 Å². The molecule has 0 amide bonds. The second-order valence-electron chi connectivity index (χ2n) is 2.14. The molecule has 0 aliphatic rings. The highest BCUT2D eigenvalue weighted by Crippen LogP contribution is 2.12. The minimum absolute atomic E-state index is 0.772. The maximum absolute atomic E-state index is 4.36. The van der Waals surface area contributed by atoms with Crippen LogP contribution in [-0.2, 0) is 12.2 Å². The molecule has 0 saturated heterocycles. The van der Waals surface area contributed by atoms with E-state index < -0.39 is 0 Å². The number of nitrogens with zero attached hydrogens (tertiary/aromatic N) is 1. The first-order valence-corrected chi connectivity index (χ1v) is 4.92. The van der Waals surface area contributed by atoms with E-state index in [-0.39, 0.29) is 0 Å². The molecule has 0 radical (unpaired) electrons. The van der Waals surface area contributed by atoms with E-state index in [1.54, 1.807) is 11.3 Å². The van der Waals surface area contributed by atoms with E-state index in [0.717, 1.165) is 17.2 Å².